The number of aromatic nitrogens is 3. The third kappa shape index (κ3) is 3.54. The fourth-order valence-electron chi connectivity index (χ4n) is 2.15. The fourth-order valence-corrected chi connectivity index (χ4v) is 3.03. The Bertz CT molecular complexity index is 743. The van der Waals surface area contributed by atoms with Crippen molar-refractivity contribution >= 4 is 44.3 Å². The number of nitrogens with zero attached hydrogens (tertiary/aromatic N) is 3. The van der Waals surface area contributed by atoms with Crippen LogP contribution in [-0.4, -0.2) is 21.1 Å². The number of imidazole rings is 1. The smallest absolute Gasteiger partial charge is 0.126 e. The molecule has 0 fully saturated rings. The minimum Gasteiger partial charge on any atom is -0.370 e. The Labute approximate surface area is 136 Å². The molecule has 3 aromatic rings. The van der Waals surface area contributed by atoms with Gasteiger partial charge in [0.1, 0.15) is 5.82 Å². The Kier molecular flexibility index (Phi) is 4.41. The Morgan fingerprint density at radius 1 is 1.29 bits per heavy atom. The highest BCUT2D eigenvalue weighted by molar-refractivity contribution is 9.10. The molecule has 0 unspecified atom stereocenters. The van der Waals surface area contributed by atoms with E-state index in [0.29, 0.717) is 5.02 Å². The minimum absolute atomic E-state index is 0.654. The highest BCUT2D eigenvalue weighted by atomic mass is 79.9. The van der Waals surface area contributed by atoms with Gasteiger partial charge in [0.2, 0.25) is 0 Å². The van der Waals surface area contributed by atoms with Crippen LogP contribution in [0.3, 0.4) is 0 Å². The third-order valence-electron chi connectivity index (χ3n) is 3.17. The molecule has 0 radical (unpaired) electrons. The van der Waals surface area contributed by atoms with Crippen molar-refractivity contribution in [2.24, 2.45) is 0 Å². The molecule has 1 aromatic carbocycles. The van der Waals surface area contributed by atoms with E-state index in [2.05, 4.69) is 35.8 Å². The molecule has 1 N–H and O–H groups in total. The van der Waals surface area contributed by atoms with E-state index in [1.54, 1.807) is 6.20 Å². The summed E-state index contributed by atoms with van der Waals surface area (Å²) in [7, 11) is 0. The van der Waals surface area contributed by atoms with Crippen molar-refractivity contribution in [2.75, 3.05) is 11.9 Å². The summed E-state index contributed by atoms with van der Waals surface area (Å²) in [5.41, 5.74) is 0.819. The monoisotopic (exact) mass is 364 g/mol. The number of nitrogens with one attached hydrogen (secondary N) is 1. The lowest BCUT2D eigenvalue weighted by Gasteiger charge is -2.08. The number of hydrogen-bond acceptors (Lipinski definition) is 3. The zero-order valence-electron chi connectivity index (χ0n) is 11.3. The molecule has 0 aliphatic carbocycles. The third-order valence-corrected chi connectivity index (χ3v) is 3.92. The van der Waals surface area contributed by atoms with Crippen LogP contribution in [0.5, 0.6) is 0 Å². The number of halogens is 2. The summed E-state index contributed by atoms with van der Waals surface area (Å²) in [5.74, 6) is 0.845. The number of fused-ring (bicyclic) bond motifs is 1. The molecule has 0 saturated carbocycles. The quantitative estimate of drug-likeness (QED) is 0.684. The molecule has 0 bridgehead atoms. The molecule has 4 nitrogen and oxygen atoms in total. The van der Waals surface area contributed by atoms with Crippen LogP contribution in [0.1, 0.15) is 6.42 Å². The van der Waals surface area contributed by atoms with Gasteiger partial charge < -0.3 is 9.88 Å². The Balaban J connectivity index is 1.64. The SMILES string of the molecule is Clc1cc(Br)cc2ccc(NCCCn3ccnc3)nc12. The topological polar surface area (TPSA) is 42.7 Å². The number of rotatable bonds is 5. The van der Waals surface area contributed by atoms with Gasteiger partial charge in [0.05, 0.1) is 16.9 Å². The Morgan fingerprint density at radius 2 is 2.19 bits per heavy atom. The van der Waals surface area contributed by atoms with Crippen molar-refractivity contribution in [3.8, 4) is 0 Å². The van der Waals surface area contributed by atoms with Gasteiger partial charge in [-0.15, -0.1) is 0 Å². The number of hydrogen-bond donors (Lipinski definition) is 1. The summed E-state index contributed by atoms with van der Waals surface area (Å²) in [6.07, 6.45) is 6.58. The van der Waals surface area contributed by atoms with Gasteiger partial charge in [-0.3, -0.25) is 0 Å². The molecule has 2 heterocycles. The van der Waals surface area contributed by atoms with Crippen molar-refractivity contribution < 1.29 is 0 Å². The molecule has 0 spiro atoms. The average Bonchev–Trinajstić information content (AvgIpc) is 2.97. The number of anilines is 1. The first kappa shape index (κ1) is 14.4. The first-order valence-corrected chi connectivity index (χ1v) is 7.85. The largest absolute Gasteiger partial charge is 0.370 e. The van der Waals surface area contributed by atoms with Crippen molar-refractivity contribution in [1.82, 2.24) is 14.5 Å². The predicted octanol–water partition coefficient (Wildman–Crippen LogP) is 4.35. The van der Waals surface area contributed by atoms with E-state index in [9.17, 15) is 0 Å². The minimum atomic E-state index is 0.654. The van der Waals surface area contributed by atoms with E-state index in [1.165, 1.54) is 0 Å². The van der Waals surface area contributed by atoms with E-state index >= 15 is 0 Å². The second-order valence-corrected chi connectivity index (χ2v) is 6.06. The van der Waals surface area contributed by atoms with E-state index in [1.807, 2.05) is 36.8 Å². The van der Waals surface area contributed by atoms with E-state index in [-0.39, 0.29) is 0 Å². The van der Waals surface area contributed by atoms with Crippen molar-refractivity contribution in [3.63, 3.8) is 0 Å². The van der Waals surface area contributed by atoms with Crippen LogP contribution in [0.4, 0.5) is 5.82 Å². The lowest BCUT2D eigenvalue weighted by atomic mass is 10.2. The molecule has 3 rings (SSSR count). The first-order valence-electron chi connectivity index (χ1n) is 6.68. The first-order chi connectivity index (χ1) is 10.2. The second-order valence-electron chi connectivity index (χ2n) is 4.74. The van der Waals surface area contributed by atoms with Gasteiger partial charge in [-0.25, -0.2) is 9.97 Å². The average molecular weight is 366 g/mol. The van der Waals surface area contributed by atoms with Crippen LogP contribution < -0.4 is 5.32 Å². The predicted molar refractivity (Wildman–Crippen MR) is 89.8 cm³/mol. The molecule has 21 heavy (non-hydrogen) atoms. The van der Waals surface area contributed by atoms with Gasteiger partial charge in [0, 0.05) is 35.3 Å². The summed E-state index contributed by atoms with van der Waals surface area (Å²) in [5, 5.41) is 5.01. The summed E-state index contributed by atoms with van der Waals surface area (Å²) >= 11 is 9.67. The molecule has 0 amide bonds. The standard InChI is InChI=1S/C15H14BrClN4/c16-12-8-11-2-3-14(20-15(11)13(17)9-12)19-4-1-6-21-7-5-18-10-21/h2-3,5,7-10H,1,4,6H2,(H,19,20). The lowest BCUT2D eigenvalue weighted by Crippen LogP contribution is -2.06. The normalized spacial score (nSPS) is 11.0. The van der Waals surface area contributed by atoms with Crippen LogP contribution in [0.15, 0.2) is 47.5 Å². The summed E-state index contributed by atoms with van der Waals surface area (Å²) in [4.78, 5) is 8.59. The fraction of sp³-hybridized carbons (Fsp3) is 0.200. The van der Waals surface area contributed by atoms with Gasteiger partial charge in [-0.05, 0) is 30.7 Å². The van der Waals surface area contributed by atoms with Crippen molar-refractivity contribution in [3.05, 3.63) is 52.5 Å². The lowest BCUT2D eigenvalue weighted by molar-refractivity contribution is 0.660. The van der Waals surface area contributed by atoms with Crippen LogP contribution in [0.25, 0.3) is 10.9 Å². The molecule has 6 heteroatoms. The van der Waals surface area contributed by atoms with E-state index in [0.717, 1.165) is 40.7 Å². The molecule has 0 aliphatic heterocycles. The molecular formula is C15H14BrClN4. The maximum atomic E-state index is 6.23. The summed E-state index contributed by atoms with van der Waals surface area (Å²) in [6, 6.07) is 7.87. The molecule has 108 valence electrons. The second kappa shape index (κ2) is 6.45. The van der Waals surface area contributed by atoms with Gasteiger partial charge >= 0.3 is 0 Å². The van der Waals surface area contributed by atoms with E-state index in [4.69, 9.17) is 11.6 Å². The number of aryl methyl sites for hydroxylation is 1. The number of pyridine rings is 1. The number of benzene rings is 1. The van der Waals surface area contributed by atoms with Crippen LogP contribution in [-0.2, 0) is 6.54 Å². The van der Waals surface area contributed by atoms with Crippen molar-refractivity contribution in [2.45, 2.75) is 13.0 Å². The highest BCUT2D eigenvalue weighted by Crippen LogP contribution is 2.27. The molecule has 0 aliphatic rings. The zero-order chi connectivity index (χ0) is 14.7. The van der Waals surface area contributed by atoms with E-state index < -0.39 is 0 Å². The van der Waals surface area contributed by atoms with Crippen LogP contribution in [0.2, 0.25) is 5.02 Å². The maximum absolute atomic E-state index is 6.23. The van der Waals surface area contributed by atoms with Gasteiger partial charge in [0.15, 0.2) is 0 Å². The molecule has 0 saturated heterocycles. The van der Waals surface area contributed by atoms with Gasteiger partial charge in [-0.2, -0.15) is 0 Å². The Hall–Kier alpha value is -1.59. The highest BCUT2D eigenvalue weighted by Gasteiger charge is 2.04. The van der Waals surface area contributed by atoms with Gasteiger partial charge in [-0.1, -0.05) is 27.5 Å². The maximum Gasteiger partial charge on any atom is 0.126 e. The zero-order valence-corrected chi connectivity index (χ0v) is 13.6. The Morgan fingerprint density at radius 3 is 3.00 bits per heavy atom. The molecular weight excluding hydrogens is 352 g/mol. The summed E-state index contributed by atoms with van der Waals surface area (Å²) < 4.78 is 3.02. The van der Waals surface area contributed by atoms with Crippen LogP contribution in [0, 0.1) is 0 Å². The van der Waals surface area contributed by atoms with Crippen molar-refractivity contribution in [1.29, 1.82) is 0 Å². The van der Waals surface area contributed by atoms with Crippen LogP contribution >= 0.6 is 27.5 Å². The molecule has 0 atom stereocenters. The van der Waals surface area contributed by atoms with Gasteiger partial charge in [0.25, 0.3) is 0 Å². The molecule has 2 aromatic heterocycles. The summed E-state index contributed by atoms with van der Waals surface area (Å²) in [6.45, 7) is 1.79.